The first-order valence-corrected chi connectivity index (χ1v) is 9.02. The van der Waals surface area contributed by atoms with Crippen LogP contribution in [0.4, 0.5) is 10.5 Å². The highest BCUT2D eigenvalue weighted by atomic mass is 16.5. The molecule has 7 heteroatoms. The van der Waals surface area contributed by atoms with Crippen LogP contribution in [0.3, 0.4) is 0 Å². The van der Waals surface area contributed by atoms with E-state index >= 15 is 0 Å². The van der Waals surface area contributed by atoms with Crippen LogP contribution in [0.25, 0.3) is 0 Å². The first-order chi connectivity index (χ1) is 11.7. The van der Waals surface area contributed by atoms with E-state index in [0.29, 0.717) is 5.92 Å². The lowest BCUT2D eigenvalue weighted by Gasteiger charge is -2.34. The highest BCUT2D eigenvalue weighted by Crippen LogP contribution is 2.20. The molecule has 2 aliphatic heterocycles. The Balaban J connectivity index is 1.48. The van der Waals surface area contributed by atoms with E-state index in [-0.39, 0.29) is 12.1 Å². The van der Waals surface area contributed by atoms with Crippen molar-refractivity contribution in [3.63, 3.8) is 0 Å². The average molecular weight is 335 g/mol. The van der Waals surface area contributed by atoms with Gasteiger partial charge in [0, 0.05) is 58.0 Å². The standard InChI is InChI=1S/C17H29N5O2/c1-3-24-13-14-6-8-22(10-14)17(23)19-15-5-4-7-21(11-15)16-9-18-20(2)12-16/h9,12,14-15H,3-8,10-11,13H2,1-2H3,(H,19,23)/t14-,15-/m1/s1. The van der Waals surface area contributed by atoms with Gasteiger partial charge in [0.2, 0.25) is 0 Å². The summed E-state index contributed by atoms with van der Waals surface area (Å²) < 4.78 is 7.31. The number of aromatic nitrogens is 2. The molecule has 3 rings (SSSR count). The average Bonchev–Trinajstić information content (AvgIpc) is 3.22. The van der Waals surface area contributed by atoms with E-state index in [4.69, 9.17) is 4.74 Å². The van der Waals surface area contributed by atoms with Crippen LogP contribution in [0.15, 0.2) is 12.4 Å². The number of amides is 2. The lowest BCUT2D eigenvalue weighted by atomic mass is 10.1. The highest BCUT2D eigenvalue weighted by Gasteiger charge is 2.29. The number of piperidine rings is 1. The number of anilines is 1. The van der Waals surface area contributed by atoms with Gasteiger partial charge >= 0.3 is 6.03 Å². The maximum Gasteiger partial charge on any atom is 0.317 e. The molecule has 2 amide bonds. The number of carbonyl (C=O) groups is 1. The van der Waals surface area contributed by atoms with Gasteiger partial charge in [-0.2, -0.15) is 5.10 Å². The summed E-state index contributed by atoms with van der Waals surface area (Å²) in [4.78, 5) is 16.8. The minimum atomic E-state index is 0.0760. The number of nitrogens with zero attached hydrogens (tertiary/aromatic N) is 4. The van der Waals surface area contributed by atoms with Gasteiger partial charge in [-0.25, -0.2) is 4.79 Å². The van der Waals surface area contributed by atoms with Crippen molar-refractivity contribution in [3.8, 4) is 0 Å². The fraction of sp³-hybridized carbons (Fsp3) is 0.765. The molecule has 0 spiro atoms. The summed E-state index contributed by atoms with van der Waals surface area (Å²) in [5, 5.41) is 7.46. The molecule has 1 N–H and O–H groups in total. The molecule has 2 fully saturated rings. The molecular formula is C17H29N5O2. The van der Waals surface area contributed by atoms with Gasteiger partial charge in [-0.15, -0.1) is 0 Å². The molecule has 2 aliphatic rings. The molecule has 0 saturated carbocycles. The SMILES string of the molecule is CCOC[C@@H]1CCN(C(=O)N[C@@H]2CCCN(c3cnn(C)c3)C2)C1. The number of nitrogens with one attached hydrogen (secondary N) is 1. The van der Waals surface area contributed by atoms with E-state index in [9.17, 15) is 4.79 Å². The molecule has 0 aliphatic carbocycles. The first kappa shape index (κ1) is 17.1. The van der Waals surface area contributed by atoms with E-state index in [1.165, 1.54) is 0 Å². The van der Waals surface area contributed by atoms with E-state index in [0.717, 1.165) is 64.3 Å². The van der Waals surface area contributed by atoms with Gasteiger partial charge in [-0.1, -0.05) is 0 Å². The quantitative estimate of drug-likeness (QED) is 0.885. The van der Waals surface area contributed by atoms with Crippen molar-refractivity contribution in [3.05, 3.63) is 12.4 Å². The summed E-state index contributed by atoms with van der Waals surface area (Å²) >= 11 is 0. The minimum Gasteiger partial charge on any atom is -0.381 e. The maximum absolute atomic E-state index is 12.5. The number of urea groups is 1. The normalized spacial score (nSPS) is 24.4. The second-order valence-corrected chi connectivity index (χ2v) is 6.87. The second-order valence-electron chi connectivity index (χ2n) is 6.87. The van der Waals surface area contributed by atoms with Crippen LogP contribution in [0.5, 0.6) is 0 Å². The van der Waals surface area contributed by atoms with Crippen molar-refractivity contribution >= 4 is 11.7 Å². The van der Waals surface area contributed by atoms with Crippen LogP contribution in [0.1, 0.15) is 26.2 Å². The van der Waals surface area contributed by atoms with Crippen LogP contribution in [-0.2, 0) is 11.8 Å². The predicted octanol–water partition coefficient (Wildman–Crippen LogP) is 1.46. The first-order valence-electron chi connectivity index (χ1n) is 9.02. The number of hydrogen-bond acceptors (Lipinski definition) is 4. The van der Waals surface area contributed by atoms with Crippen molar-refractivity contribution < 1.29 is 9.53 Å². The van der Waals surface area contributed by atoms with Crippen molar-refractivity contribution in [2.45, 2.75) is 32.2 Å². The molecule has 3 heterocycles. The Morgan fingerprint density at radius 1 is 1.38 bits per heavy atom. The zero-order valence-corrected chi connectivity index (χ0v) is 14.8. The number of likely N-dealkylation sites (tertiary alicyclic amines) is 1. The predicted molar refractivity (Wildman–Crippen MR) is 93.1 cm³/mol. The van der Waals surface area contributed by atoms with Gasteiger partial charge in [0.25, 0.3) is 0 Å². The van der Waals surface area contributed by atoms with Crippen molar-refractivity contribution in [2.75, 3.05) is 44.3 Å². The Hall–Kier alpha value is -1.76. The zero-order valence-electron chi connectivity index (χ0n) is 14.8. The topological polar surface area (TPSA) is 62.6 Å². The van der Waals surface area contributed by atoms with Crippen molar-refractivity contribution in [2.24, 2.45) is 13.0 Å². The summed E-state index contributed by atoms with van der Waals surface area (Å²) in [6.45, 7) is 7.04. The summed E-state index contributed by atoms with van der Waals surface area (Å²) in [5.74, 6) is 0.481. The molecule has 0 aromatic carbocycles. The van der Waals surface area contributed by atoms with Gasteiger partial charge in [0.1, 0.15) is 0 Å². The van der Waals surface area contributed by atoms with Crippen LogP contribution in [0.2, 0.25) is 0 Å². The molecule has 1 aromatic rings. The van der Waals surface area contributed by atoms with Gasteiger partial charge in [0.15, 0.2) is 0 Å². The minimum absolute atomic E-state index is 0.0760. The van der Waals surface area contributed by atoms with Crippen LogP contribution in [0, 0.1) is 5.92 Å². The molecule has 0 radical (unpaired) electrons. The third-order valence-electron chi connectivity index (χ3n) is 4.94. The Labute approximate surface area is 143 Å². The van der Waals surface area contributed by atoms with Gasteiger partial charge in [-0.05, 0) is 26.2 Å². The fourth-order valence-electron chi connectivity index (χ4n) is 3.60. The number of rotatable bonds is 5. The molecule has 7 nitrogen and oxygen atoms in total. The highest BCUT2D eigenvalue weighted by molar-refractivity contribution is 5.75. The molecule has 24 heavy (non-hydrogen) atoms. The molecule has 134 valence electrons. The maximum atomic E-state index is 12.5. The summed E-state index contributed by atoms with van der Waals surface area (Å²) in [7, 11) is 1.93. The van der Waals surface area contributed by atoms with Crippen molar-refractivity contribution in [1.29, 1.82) is 0 Å². The third-order valence-corrected chi connectivity index (χ3v) is 4.94. The Bertz CT molecular complexity index is 547. The Kier molecular flexibility index (Phi) is 5.60. The molecule has 2 atom stereocenters. The number of hydrogen-bond donors (Lipinski definition) is 1. The number of carbonyl (C=O) groups excluding carboxylic acids is 1. The molecule has 2 saturated heterocycles. The van der Waals surface area contributed by atoms with Crippen molar-refractivity contribution in [1.82, 2.24) is 20.0 Å². The van der Waals surface area contributed by atoms with Crippen LogP contribution < -0.4 is 10.2 Å². The molecule has 0 unspecified atom stereocenters. The van der Waals surface area contributed by atoms with Crippen LogP contribution >= 0.6 is 0 Å². The molecule has 0 bridgehead atoms. The largest absolute Gasteiger partial charge is 0.381 e. The molecular weight excluding hydrogens is 306 g/mol. The van der Waals surface area contributed by atoms with Gasteiger partial charge < -0.3 is 19.9 Å². The third kappa shape index (κ3) is 4.20. The van der Waals surface area contributed by atoms with E-state index < -0.39 is 0 Å². The smallest absolute Gasteiger partial charge is 0.317 e. The monoisotopic (exact) mass is 335 g/mol. The number of ether oxygens (including phenoxy) is 1. The zero-order chi connectivity index (χ0) is 16.9. The van der Waals surface area contributed by atoms with Gasteiger partial charge in [-0.3, -0.25) is 4.68 Å². The number of aryl methyl sites for hydroxylation is 1. The summed E-state index contributed by atoms with van der Waals surface area (Å²) in [6, 6.07) is 0.282. The van der Waals surface area contributed by atoms with E-state index in [1.54, 1.807) is 0 Å². The Morgan fingerprint density at radius 3 is 3.00 bits per heavy atom. The van der Waals surface area contributed by atoms with Gasteiger partial charge in [0.05, 0.1) is 18.5 Å². The lowest BCUT2D eigenvalue weighted by molar-refractivity contribution is 0.113. The Morgan fingerprint density at radius 2 is 2.25 bits per heavy atom. The van der Waals surface area contributed by atoms with Crippen LogP contribution in [-0.4, -0.2) is 66.1 Å². The fourth-order valence-corrected chi connectivity index (χ4v) is 3.60. The lowest BCUT2D eigenvalue weighted by Crippen LogP contribution is -2.51. The summed E-state index contributed by atoms with van der Waals surface area (Å²) in [5.41, 5.74) is 1.13. The molecule has 1 aromatic heterocycles. The second kappa shape index (κ2) is 7.88. The van der Waals surface area contributed by atoms with E-state index in [2.05, 4.69) is 15.3 Å². The summed E-state index contributed by atoms with van der Waals surface area (Å²) in [6.07, 6.45) is 7.09. The van der Waals surface area contributed by atoms with E-state index in [1.807, 2.05) is 35.9 Å².